The molecule has 0 bridgehead atoms. The van der Waals surface area contributed by atoms with Crippen molar-refractivity contribution in [2.45, 2.75) is 30.1 Å². The predicted octanol–water partition coefficient (Wildman–Crippen LogP) is 6.07. The number of hydrogen-bond acceptors (Lipinski definition) is 6. The van der Waals surface area contributed by atoms with Crippen molar-refractivity contribution in [2.75, 3.05) is 7.11 Å². The number of nitrogens with one attached hydrogen (secondary N) is 1. The van der Waals surface area contributed by atoms with Gasteiger partial charge in [0.05, 0.1) is 30.0 Å². The number of aromatic nitrogens is 3. The maximum atomic E-state index is 13.1. The second kappa shape index (κ2) is 10.2. The molecule has 178 valence electrons. The van der Waals surface area contributed by atoms with Gasteiger partial charge in [-0.2, -0.15) is 17.6 Å². The van der Waals surface area contributed by atoms with Crippen molar-refractivity contribution in [1.82, 2.24) is 15.0 Å². The Morgan fingerprint density at radius 3 is 2.59 bits per heavy atom. The number of H-pyrrole nitrogens is 1. The molecular formula is C23H19F4N3O3S. The lowest BCUT2D eigenvalue weighted by atomic mass is 10.2. The molecule has 2 aromatic carbocycles. The Morgan fingerprint density at radius 1 is 1.06 bits per heavy atom. The Bertz CT molecular complexity index is 1250. The number of halogens is 4. The lowest BCUT2D eigenvalue weighted by Gasteiger charge is -2.16. The minimum absolute atomic E-state index is 0.306. The minimum Gasteiger partial charge on any atom is -0.493 e. The van der Waals surface area contributed by atoms with Crippen LogP contribution >= 0.6 is 11.8 Å². The van der Waals surface area contributed by atoms with E-state index in [1.165, 1.54) is 37.1 Å². The van der Waals surface area contributed by atoms with Gasteiger partial charge in [0.25, 0.3) is 0 Å². The molecule has 11 heteroatoms. The van der Waals surface area contributed by atoms with Crippen molar-refractivity contribution in [1.29, 1.82) is 0 Å². The quantitative estimate of drug-likeness (QED) is 0.214. The molecule has 0 saturated heterocycles. The van der Waals surface area contributed by atoms with Crippen molar-refractivity contribution >= 4 is 22.8 Å². The summed E-state index contributed by atoms with van der Waals surface area (Å²) in [5.74, 6) is 1.07. The average Bonchev–Trinajstić information content (AvgIpc) is 3.24. The third kappa shape index (κ3) is 5.71. The maximum absolute atomic E-state index is 13.1. The van der Waals surface area contributed by atoms with Crippen LogP contribution < -0.4 is 14.2 Å². The zero-order chi connectivity index (χ0) is 24.1. The summed E-state index contributed by atoms with van der Waals surface area (Å²) in [6.07, 6.45) is -6.93. The highest BCUT2D eigenvalue weighted by atomic mass is 32.2. The van der Waals surface area contributed by atoms with Gasteiger partial charge in [0.15, 0.2) is 16.7 Å². The fourth-order valence-corrected chi connectivity index (χ4v) is 3.77. The van der Waals surface area contributed by atoms with Crippen LogP contribution in [0.5, 0.6) is 17.2 Å². The standard InChI is InChI=1S/C23H19F4N3O3S/c1-31-19-9-15(28-11-20(19)32-12-14-5-3-2-4-6-14)13-34-22-29-17-8-7-16(10-18(17)30-22)33-23(26,27)21(24)25/h2-11,21H,12-13H2,1H3,(H,29,30). The third-order valence-electron chi connectivity index (χ3n) is 4.64. The molecule has 0 saturated carbocycles. The van der Waals surface area contributed by atoms with Crippen molar-refractivity contribution < 1.29 is 31.8 Å². The van der Waals surface area contributed by atoms with Crippen LogP contribution in [-0.2, 0) is 12.4 Å². The molecule has 0 aliphatic rings. The number of hydrogen-bond donors (Lipinski definition) is 1. The fraction of sp³-hybridized carbons (Fsp3) is 0.217. The van der Waals surface area contributed by atoms with Crippen LogP contribution in [0.3, 0.4) is 0 Å². The van der Waals surface area contributed by atoms with Gasteiger partial charge in [-0.25, -0.2) is 4.98 Å². The summed E-state index contributed by atoms with van der Waals surface area (Å²) < 4.78 is 66.3. The van der Waals surface area contributed by atoms with E-state index >= 15 is 0 Å². The fourth-order valence-electron chi connectivity index (χ4n) is 2.99. The molecule has 0 spiro atoms. The van der Waals surface area contributed by atoms with Gasteiger partial charge in [-0.1, -0.05) is 42.1 Å². The van der Waals surface area contributed by atoms with Gasteiger partial charge in [-0.3, -0.25) is 4.98 Å². The molecule has 0 unspecified atom stereocenters. The second-order valence-electron chi connectivity index (χ2n) is 7.07. The first kappa shape index (κ1) is 23.7. The first-order chi connectivity index (χ1) is 16.3. The summed E-state index contributed by atoms with van der Waals surface area (Å²) in [5.41, 5.74) is 2.57. The van der Waals surface area contributed by atoms with Crippen molar-refractivity contribution in [2.24, 2.45) is 0 Å². The van der Waals surface area contributed by atoms with E-state index in [-0.39, 0.29) is 0 Å². The summed E-state index contributed by atoms with van der Waals surface area (Å²) in [6, 6.07) is 15.2. The topological polar surface area (TPSA) is 69.3 Å². The third-order valence-corrected chi connectivity index (χ3v) is 5.55. The Kier molecular flexibility index (Phi) is 7.11. The maximum Gasteiger partial charge on any atom is 0.461 e. The SMILES string of the molecule is COc1cc(CSc2nc3cc(OC(F)(F)C(F)F)ccc3[nH]2)ncc1OCc1ccccc1. The minimum atomic E-state index is -4.58. The average molecular weight is 493 g/mol. The lowest BCUT2D eigenvalue weighted by molar-refractivity contribution is -0.253. The summed E-state index contributed by atoms with van der Waals surface area (Å²) in [6.45, 7) is 0.376. The lowest BCUT2D eigenvalue weighted by Crippen LogP contribution is -2.33. The largest absolute Gasteiger partial charge is 0.493 e. The van der Waals surface area contributed by atoms with E-state index < -0.39 is 18.3 Å². The van der Waals surface area contributed by atoms with E-state index in [9.17, 15) is 17.6 Å². The monoisotopic (exact) mass is 493 g/mol. The number of rotatable bonds is 10. The number of fused-ring (bicyclic) bond motifs is 1. The Balaban J connectivity index is 1.40. The number of aromatic amines is 1. The normalized spacial score (nSPS) is 11.7. The van der Waals surface area contributed by atoms with Crippen LogP contribution in [-0.4, -0.2) is 34.6 Å². The first-order valence-corrected chi connectivity index (χ1v) is 11.0. The zero-order valence-electron chi connectivity index (χ0n) is 17.8. The summed E-state index contributed by atoms with van der Waals surface area (Å²) in [7, 11) is 1.54. The molecule has 0 atom stereocenters. The molecule has 34 heavy (non-hydrogen) atoms. The molecule has 0 aliphatic heterocycles. The number of methoxy groups -OCH3 is 1. The van der Waals surface area contributed by atoms with Crippen LogP contribution in [0.4, 0.5) is 17.6 Å². The summed E-state index contributed by atoms with van der Waals surface area (Å²) in [4.78, 5) is 11.7. The molecule has 0 amide bonds. The first-order valence-electron chi connectivity index (χ1n) is 10.0. The number of pyridine rings is 1. The number of nitrogens with zero attached hydrogens (tertiary/aromatic N) is 2. The predicted molar refractivity (Wildman–Crippen MR) is 119 cm³/mol. The second-order valence-corrected chi connectivity index (χ2v) is 8.04. The number of imidazole rings is 1. The van der Waals surface area contributed by atoms with Crippen molar-refractivity contribution in [3.63, 3.8) is 0 Å². The van der Waals surface area contributed by atoms with Crippen molar-refractivity contribution in [3.8, 4) is 17.2 Å². The van der Waals surface area contributed by atoms with Crippen molar-refractivity contribution in [3.05, 3.63) is 72.1 Å². The van der Waals surface area contributed by atoms with Crippen LogP contribution in [0.1, 0.15) is 11.3 Å². The zero-order valence-corrected chi connectivity index (χ0v) is 18.6. The van der Waals surface area contributed by atoms with Crippen LogP contribution in [0.2, 0.25) is 0 Å². The molecule has 4 aromatic rings. The number of benzene rings is 2. The Labute approximate surface area is 196 Å². The molecule has 4 rings (SSSR count). The molecule has 0 fully saturated rings. The highest BCUT2D eigenvalue weighted by molar-refractivity contribution is 7.98. The highest BCUT2D eigenvalue weighted by Crippen LogP contribution is 2.32. The molecule has 0 radical (unpaired) electrons. The van der Waals surface area contributed by atoms with Gasteiger partial charge in [-0.05, 0) is 17.7 Å². The van der Waals surface area contributed by atoms with Gasteiger partial charge in [0.2, 0.25) is 0 Å². The summed E-state index contributed by atoms with van der Waals surface area (Å²) >= 11 is 1.32. The Hall–Kier alpha value is -3.47. The van der Waals surface area contributed by atoms with E-state index in [4.69, 9.17) is 9.47 Å². The smallest absolute Gasteiger partial charge is 0.461 e. The van der Waals surface area contributed by atoms with Crippen LogP contribution in [0, 0.1) is 0 Å². The molecular weight excluding hydrogens is 474 g/mol. The van der Waals surface area contributed by atoms with E-state index in [1.807, 2.05) is 30.3 Å². The number of alkyl halides is 4. The van der Waals surface area contributed by atoms with Crippen LogP contribution in [0.25, 0.3) is 11.0 Å². The van der Waals surface area contributed by atoms with E-state index in [1.54, 1.807) is 12.3 Å². The van der Waals surface area contributed by atoms with Gasteiger partial charge in [0, 0.05) is 17.9 Å². The molecule has 0 aliphatic carbocycles. The van der Waals surface area contributed by atoms with E-state index in [0.29, 0.717) is 45.7 Å². The van der Waals surface area contributed by atoms with Gasteiger partial charge in [-0.15, -0.1) is 0 Å². The van der Waals surface area contributed by atoms with Crippen LogP contribution in [0.15, 0.2) is 66.0 Å². The summed E-state index contributed by atoms with van der Waals surface area (Å²) in [5, 5.41) is 0.498. The number of ether oxygens (including phenoxy) is 3. The molecule has 2 aromatic heterocycles. The van der Waals surface area contributed by atoms with Gasteiger partial charge >= 0.3 is 12.5 Å². The van der Waals surface area contributed by atoms with E-state index in [0.717, 1.165) is 5.56 Å². The highest BCUT2D eigenvalue weighted by Gasteiger charge is 2.44. The molecule has 2 heterocycles. The van der Waals surface area contributed by atoms with Gasteiger partial charge < -0.3 is 19.2 Å². The Morgan fingerprint density at radius 2 is 1.85 bits per heavy atom. The van der Waals surface area contributed by atoms with Gasteiger partial charge in [0.1, 0.15) is 12.4 Å². The van der Waals surface area contributed by atoms with E-state index in [2.05, 4.69) is 19.7 Å². The molecule has 1 N–H and O–H groups in total. The number of thioether (sulfide) groups is 1. The molecule has 6 nitrogen and oxygen atoms in total.